The van der Waals surface area contributed by atoms with Crippen LogP contribution in [0, 0.1) is 5.92 Å². The first-order chi connectivity index (χ1) is 18.2. The zero-order valence-electron chi connectivity index (χ0n) is 22.1. The Morgan fingerprint density at radius 2 is 1.89 bits per heavy atom. The number of hydrogen-bond acceptors (Lipinski definition) is 7. The van der Waals surface area contributed by atoms with Crippen LogP contribution in [0.15, 0.2) is 36.4 Å². The maximum Gasteiger partial charge on any atom is 0.329 e. The normalized spacial score (nSPS) is 14.9. The fourth-order valence-corrected chi connectivity index (χ4v) is 4.65. The van der Waals surface area contributed by atoms with E-state index in [9.17, 15) is 19.2 Å². The summed E-state index contributed by atoms with van der Waals surface area (Å²) in [7, 11) is 1.55. The lowest BCUT2D eigenvalue weighted by Gasteiger charge is -2.30. The average Bonchev–Trinajstić information content (AvgIpc) is 3.68. The van der Waals surface area contributed by atoms with Gasteiger partial charge in [0.1, 0.15) is 0 Å². The number of nitrogens with zero attached hydrogens (tertiary/aromatic N) is 2. The van der Waals surface area contributed by atoms with Crippen LogP contribution in [0.4, 0.5) is 5.69 Å². The van der Waals surface area contributed by atoms with Gasteiger partial charge in [0.25, 0.3) is 11.8 Å². The fraction of sp³-hybridized carbons (Fsp3) is 0.429. The Balaban J connectivity index is 1.67. The Kier molecular flexibility index (Phi) is 8.19. The predicted octanol–water partition coefficient (Wildman–Crippen LogP) is 3.86. The van der Waals surface area contributed by atoms with Gasteiger partial charge in [-0.05, 0) is 55.5 Å². The van der Waals surface area contributed by atoms with Crippen LogP contribution in [0.3, 0.4) is 0 Å². The van der Waals surface area contributed by atoms with Crippen LogP contribution in [0.1, 0.15) is 67.6 Å². The minimum Gasteiger partial charge on any atom is -0.493 e. The second kappa shape index (κ2) is 11.5. The summed E-state index contributed by atoms with van der Waals surface area (Å²) in [5, 5.41) is 3.93. The van der Waals surface area contributed by atoms with Gasteiger partial charge in [-0.25, -0.2) is 0 Å². The fourth-order valence-electron chi connectivity index (χ4n) is 4.65. The van der Waals surface area contributed by atoms with Crippen molar-refractivity contribution in [2.24, 2.45) is 5.92 Å². The molecule has 0 aromatic heterocycles. The van der Waals surface area contributed by atoms with E-state index in [4.69, 9.17) is 14.3 Å². The van der Waals surface area contributed by atoms with E-state index in [-0.39, 0.29) is 30.7 Å². The highest BCUT2D eigenvalue weighted by Crippen LogP contribution is 2.40. The molecule has 0 bridgehead atoms. The molecule has 2 aromatic rings. The molecule has 0 radical (unpaired) electrons. The molecule has 10 nitrogen and oxygen atoms in total. The van der Waals surface area contributed by atoms with Gasteiger partial charge >= 0.3 is 5.97 Å². The lowest BCUT2D eigenvalue weighted by atomic mass is 10.0. The van der Waals surface area contributed by atoms with Gasteiger partial charge in [0.15, 0.2) is 11.5 Å². The lowest BCUT2D eigenvalue weighted by Crippen LogP contribution is -2.36. The SMILES string of the molecule is CCOc1cc(C(CCN(OC(C)=O)C(C)=O)N2Cc3cccc(NC(=O)C4CC4)c3C2=O)ccc1OC. The van der Waals surface area contributed by atoms with E-state index in [1.54, 1.807) is 24.1 Å². The maximum atomic E-state index is 13.8. The number of hydrogen-bond donors (Lipinski definition) is 1. The number of anilines is 1. The molecular formula is C28H33N3O7. The third-order valence-electron chi connectivity index (χ3n) is 6.62. The zero-order chi connectivity index (χ0) is 27.4. The maximum absolute atomic E-state index is 13.8. The quantitative estimate of drug-likeness (QED) is 0.471. The predicted molar refractivity (Wildman–Crippen MR) is 138 cm³/mol. The van der Waals surface area contributed by atoms with Crippen LogP contribution in [-0.2, 0) is 25.8 Å². The van der Waals surface area contributed by atoms with Gasteiger partial charge in [-0.1, -0.05) is 18.2 Å². The Morgan fingerprint density at radius 3 is 2.53 bits per heavy atom. The molecule has 1 saturated carbocycles. The molecule has 1 aliphatic heterocycles. The Labute approximate surface area is 221 Å². The summed E-state index contributed by atoms with van der Waals surface area (Å²) in [5.41, 5.74) is 2.54. The highest BCUT2D eigenvalue weighted by Gasteiger charge is 2.37. The summed E-state index contributed by atoms with van der Waals surface area (Å²) >= 11 is 0. The number of amides is 3. The molecule has 2 aromatic carbocycles. The van der Waals surface area contributed by atoms with E-state index in [0.29, 0.717) is 35.9 Å². The van der Waals surface area contributed by atoms with Gasteiger partial charge < -0.3 is 24.5 Å². The minimum atomic E-state index is -0.611. The smallest absolute Gasteiger partial charge is 0.329 e. The molecule has 4 rings (SSSR count). The molecule has 38 heavy (non-hydrogen) atoms. The Bertz CT molecular complexity index is 1240. The highest BCUT2D eigenvalue weighted by molar-refractivity contribution is 6.07. The largest absolute Gasteiger partial charge is 0.493 e. The van der Waals surface area contributed by atoms with Crippen molar-refractivity contribution in [2.45, 2.75) is 52.6 Å². The van der Waals surface area contributed by atoms with Gasteiger partial charge in [0.2, 0.25) is 5.91 Å². The summed E-state index contributed by atoms with van der Waals surface area (Å²) in [6.45, 7) is 5.21. The van der Waals surface area contributed by atoms with Gasteiger partial charge in [-0.15, -0.1) is 0 Å². The number of fused-ring (bicyclic) bond motifs is 1. The van der Waals surface area contributed by atoms with E-state index in [1.165, 1.54) is 13.8 Å². The van der Waals surface area contributed by atoms with Crippen LogP contribution in [0.2, 0.25) is 0 Å². The number of methoxy groups -OCH3 is 1. The van der Waals surface area contributed by atoms with Crippen LogP contribution in [0.5, 0.6) is 11.5 Å². The Morgan fingerprint density at radius 1 is 1.13 bits per heavy atom. The standard InChI is InChI=1S/C28H33N3O7/c1-5-37-25-15-20(11-12-24(25)36-4)23(13-14-31(17(2)32)38-18(3)33)30-16-21-7-6-8-22(26(21)28(30)35)29-27(34)19-9-10-19/h6-8,11-12,15,19,23H,5,9-10,13-14,16H2,1-4H3,(H,29,34). The molecule has 1 unspecified atom stereocenters. The van der Waals surface area contributed by atoms with E-state index in [0.717, 1.165) is 29.0 Å². The molecule has 202 valence electrons. The first kappa shape index (κ1) is 27.0. The van der Waals surface area contributed by atoms with E-state index < -0.39 is 17.9 Å². The average molecular weight is 524 g/mol. The van der Waals surface area contributed by atoms with E-state index >= 15 is 0 Å². The number of benzene rings is 2. The van der Waals surface area contributed by atoms with Crippen molar-refractivity contribution in [1.82, 2.24) is 9.96 Å². The van der Waals surface area contributed by atoms with Crippen LogP contribution < -0.4 is 14.8 Å². The van der Waals surface area contributed by atoms with Crippen molar-refractivity contribution in [1.29, 1.82) is 0 Å². The number of nitrogens with one attached hydrogen (secondary N) is 1. The summed E-state index contributed by atoms with van der Waals surface area (Å²) in [6, 6.07) is 10.4. The molecular weight excluding hydrogens is 490 g/mol. The van der Waals surface area contributed by atoms with Crippen molar-refractivity contribution in [3.8, 4) is 11.5 Å². The molecule has 10 heteroatoms. The number of carbonyl (C=O) groups excluding carboxylic acids is 4. The summed E-state index contributed by atoms with van der Waals surface area (Å²) < 4.78 is 11.2. The molecule has 2 aliphatic rings. The molecule has 0 saturated heterocycles. The summed E-state index contributed by atoms with van der Waals surface area (Å²) in [4.78, 5) is 56.8. The van der Waals surface area contributed by atoms with Crippen molar-refractivity contribution in [2.75, 3.05) is 25.6 Å². The number of carbonyl (C=O) groups is 4. The van der Waals surface area contributed by atoms with Crippen molar-refractivity contribution in [3.05, 3.63) is 53.1 Å². The second-order valence-corrected chi connectivity index (χ2v) is 9.39. The third kappa shape index (κ3) is 5.90. The molecule has 1 fully saturated rings. The molecule has 1 atom stereocenters. The minimum absolute atomic E-state index is 0.00124. The number of rotatable bonds is 10. The van der Waals surface area contributed by atoms with Crippen molar-refractivity contribution in [3.63, 3.8) is 0 Å². The van der Waals surface area contributed by atoms with Gasteiger partial charge in [-0.2, -0.15) is 5.06 Å². The monoisotopic (exact) mass is 523 g/mol. The molecule has 1 aliphatic carbocycles. The van der Waals surface area contributed by atoms with E-state index in [1.807, 2.05) is 31.2 Å². The molecule has 1 N–H and O–H groups in total. The third-order valence-corrected chi connectivity index (χ3v) is 6.62. The zero-order valence-corrected chi connectivity index (χ0v) is 22.1. The molecule has 1 heterocycles. The van der Waals surface area contributed by atoms with Crippen molar-refractivity contribution < 1.29 is 33.5 Å². The van der Waals surface area contributed by atoms with Crippen LogP contribution in [0.25, 0.3) is 0 Å². The Hall–Kier alpha value is -4.08. The van der Waals surface area contributed by atoms with Gasteiger partial charge in [0, 0.05) is 26.3 Å². The van der Waals surface area contributed by atoms with Gasteiger partial charge in [0.05, 0.1) is 37.6 Å². The van der Waals surface area contributed by atoms with Crippen LogP contribution in [-0.4, -0.2) is 53.9 Å². The summed E-state index contributed by atoms with van der Waals surface area (Å²) in [5.74, 6) is -0.251. The summed E-state index contributed by atoms with van der Waals surface area (Å²) in [6.07, 6.45) is 2.00. The lowest BCUT2D eigenvalue weighted by molar-refractivity contribution is -0.195. The van der Waals surface area contributed by atoms with Crippen LogP contribution >= 0.6 is 0 Å². The molecule has 0 spiro atoms. The number of hydroxylamine groups is 2. The highest BCUT2D eigenvalue weighted by atomic mass is 16.7. The molecule has 3 amide bonds. The first-order valence-corrected chi connectivity index (χ1v) is 12.7. The second-order valence-electron chi connectivity index (χ2n) is 9.39. The first-order valence-electron chi connectivity index (χ1n) is 12.7. The van der Waals surface area contributed by atoms with Gasteiger partial charge in [-0.3, -0.25) is 19.2 Å². The van der Waals surface area contributed by atoms with Crippen molar-refractivity contribution >= 4 is 29.4 Å². The van der Waals surface area contributed by atoms with E-state index in [2.05, 4.69) is 5.32 Å². The topological polar surface area (TPSA) is 114 Å². The number of ether oxygens (including phenoxy) is 2.